The highest BCUT2D eigenvalue weighted by Crippen LogP contribution is 2.19. The number of nitrogens with one attached hydrogen (secondary N) is 4. The highest BCUT2D eigenvalue weighted by atomic mass is 32.2. The third-order valence-electron chi connectivity index (χ3n) is 6.00. The molecule has 4 aromatic carbocycles. The molecule has 0 aliphatic carbocycles. The van der Waals surface area contributed by atoms with Crippen LogP contribution in [0, 0.1) is 20.2 Å². The molecule has 4 N–H and O–H groups in total. The Morgan fingerprint density at radius 3 is 1.13 bits per heavy atom. The number of non-ortho nitro benzene ring substituents is 2. The van der Waals surface area contributed by atoms with E-state index in [1.54, 1.807) is 48.5 Å². The molecule has 0 unspecified atom stereocenters. The standard InChI is InChI=1S/C27H22N6O10S2/c34-26(30-44(40,41)24-13-9-22(10-14-24)32(36)37)28-20-5-1-18(2-6-20)17-19-3-7-21(8-4-19)29-27(35)31-45(42,43)25-15-11-23(12-16-25)33(38)39/h1-16H,17H2,(H2,28,30,34)(H2,29,31,35). The summed E-state index contributed by atoms with van der Waals surface area (Å²) in [5.41, 5.74) is 1.64. The van der Waals surface area contributed by atoms with Gasteiger partial charge in [0.1, 0.15) is 0 Å². The van der Waals surface area contributed by atoms with Crippen molar-refractivity contribution < 1.29 is 36.3 Å². The van der Waals surface area contributed by atoms with Crippen molar-refractivity contribution in [2.45, 2.75) is 16.2 Å². The van der Waals surface area contributed by atoms with E-state index in [1.165, 1.54) is 0 Å². The van der Waals surface area contributed by atoms with E-state index in [-0.39, 0.29) is 21.2 Å². The lowest BCUT2D eigenvalue weighted by molar-refractivity contribution is -0.385. The number of nitro benzene ring substituents is 2. The van der Waals surface area contributed by atoms with Gasteiger partial charge in [-0.2, -0.15) is 0 Å². The topological polar surface area (TPSA) is 237 Å². The lowest BCUT2D eigenvalue weighted by atomic mass is 10.0. The molecule has 0 aliphatic rings. The summed E-state index contributed by atoms with van der Waals surface area (Å²) in [6.45, 7) is 0. The van der Waals surface area contributed by atoms with E-state index in [9.17, 15) is 46.7 Å². The summed E-state index contributed by atoms with van der Waals surface area (Å²) >= 11 is 0. The molecule has 4 rings (SSSR count). The Bertz CT molecular complexity index is 1820. The smallest absolute Gasteiger partial charge is 0.307 e. The van der Waals surface area contributed by atoms with E-state index >= 15 is 0 Å². The summed E-state index contributed by atoms with van der Waals surface area (Å²) in [6.07, 6.45) is 0.446. The first-order chi connectivity index (χ1) is 21.2. The van der Waals surface area contributed by atoms with Crippen LogP contribution in [-0.2, 0) is 26.5 Å². The quantitative estimate of drug-likeness (QED) is 0.141. The van der Waals surface area contributed by atoms with Crippen LogP contribution in [0.5, 0.6) is 0 Å². The zero-order valence-electron chi connectivity index (χ0n) is 22.7. The monoisotopic (exact) mass is 654 g/mol. The first kappa shape index (κ1) is 32.0. The van der Waals surface area contributed by atoms with Crippen molar-refractivity contribution in [3.63, 3.8) is 0 Å². The SMILES string of the molecule is O=C(Nc1ccc(Cc2ccc(NC(=O)NS(=O)(=O)c3ccc([N+](=O)[O-])cc3)cc2)cc1)NS(=O)(=O)c1ccc([N+](=O)[O-])cc1. The Labute approximate surface area is 255 Å². The average Bonchev–Trinajstić information content (AvgIpc) is 2.98. The number of carbonyl (C=O) groups is 2. The van der Waals surface area contributed by atoms with Gasteiger partial charge in [-0.15, -0.1) is 0 Å². The highest BCUT2D eigenvalue weighted by Gasteiger charge is 2.20. The number of nitro groups is 2. The molecule has 45 heavy (non-hydrogen) atoms. The number of nitrogens with zero attached hydrogens (tertiary/aromatic N) is 2. The number of carbonyl (C=O) groups excluding carboxylic acids is 2. The predicted molar refractivity (Wildman–Crippen MR) is 161 cm³/mol. The zero-order valence-corrected chi connectivity index (χ0v) is 24.4. The second kappa shape index (κ2) is 13.2. The van der Waals surface area contributed by atoms with Gasteiger partial charge in [-0.05, 0) is 66.1 Å². The summed E-state index contributed by atoms with van der Waals surface area (Å²) in [5.74, 6) is 0. The van der Waals surface area contributed by atoms with Gasteiger partial charge in [0.05, 0.1) is 19.6 Å². The van der Waals surface area contributed by atoms with Crippen molar-refractivity contribution >= 4 is 54.9 Å². The van der Waals surface area contributed by atoms with Crippen LogP contribution in [0.2, 0.25) is 0 Å². The fourth-order valence-corrected chi connectivity index (χ4v) is 5.63. The maximum atomic E-state index is 12.4. The first-order valence-corrected chi connectivity index (χ1v) is 15.5. The van der Waals surface area contributed by atoms with Gasteiger partial charge >= 0.3 is 12.1 Å². The molecule has 0 atom stereocenters. The molecule has 0 aromatic heterocycles. The number of benzene rings is 4. The van der Waals surface area contributed by atoms with Gasteiger partial charge in [0.25, 0.3) is 31.4 Å². The number of sulfonamides is 2. The van der Waals surface area contributed by atoms with Gasteiger partial charge in [-0.1, -0.05) is 24.3 Å². The average molecular weight is 655 g/mol. The number of rotatable bonds is 10. The summed E-state index contributed by atoms with van der Waals surface area (Å²) in [7, 11) is -8.55. The molecule has 4 aromatic rings. The molecule has 0 bridgehead atoms. The van der Waals surface area contributed by atoms with Crippen molar-refractivity contribution in [1.82, 2.24) is 9.44 Å². The zero-order chi connectivity index (χ0) is 32.8. The van der Waals surface area contributed by atoms with E-state index in [4.69, 9.17) is 0 Å². The fourth-order valence-electron chi connectivity index (χ4n) is 3.82. The largest absolute Gasteiger partial charge is 0.333 e. The minimum atomic E-state index is -4.27. The van der Waals surface area contributed by atoms with E-state index in [0.717, 1.165) is 59.7 Å². The molecular formula is C27H22N6O10S2. The van der Waals surface area contributed by atoms with Gasteiger partial charge in [-0.3, -0.25) is 20.2 Å². The molecule has 0 heterocycles. The Balaban J connectivity index is 1.28. The summed E-state index contributed by atoms with van der Waals surface area (Å²) in [4.78, 5) is 44.0. The number of anilines is 2. The van der Waals surface area contributed by atoms with E-state index in [1.807, 2.05) is 9.44 Å². The van der Waals surface area contributed by atoms with Crippen LogP contribution in [0.25, 0.3) is 0 Å². The third kappa shape index (κ3) is 8.58. The molecule has 0 saturated heterocycles. The molecule has 16 nitrogen and oxygen atoms in total. The third-order valence-corrected chi connectivity index (χ3v) is 8.70. The Morgan fingerprint density at radius 1 is 0.533 bits per heavy atom. The summed E-state index contributed by atoms with van der Waals surface area (Å²) in [5, 5.41) is 26.3. The van der Waals surface area contributed by atoms with Gasteiger partial charge < -0.3 is 10.6 Å². The van der Waals surface area contributed by atoms with Crippen LogP contribution < -0.4 is 20.1 Å². The molecule has 0 aliphatic heterocycles. The lowest BCUT2D eigenvalue weighted by Gasteiger charge is -2.10. The van der Waals surface area contributed by atoms with Crippen molar-refractivity contribution in [3.05, 3.63) is 128 Å². The van der Waals surface area contributed by atoms with Crippen molar-refractivity contribution in [3.8, 4) is 0 Å². The molecule has 0 fully saturated rings. The van der Waals surface area contributed by atoms with Crippen LogP contribution in [-0.4, -0.2) is 38.7 Å². The van der Waals surface area contributed by atoms with Crippen LogP contribution in [0.3, 0.4) is 0 Å². The van der Waals surface area contributed by atoms with E-state index in [2.05, 4.69) is 10.6 Å². The van der Waals surface area contributed by atoms with Crippen molar-refractivity contribution in [1.29, 1.82) is 0 Å². The van der Waals surface area contributed by atoms with Crippen LogP contribution in [0.4, 0.5) is 32.3 Å². The number of amides is 4. The molecule has 18 heteroatoms. The molecule has 232 valence electrons. The second-order valence-corrected chi connectivity index (χ2v) is 12.6. The van der Waals surface area contributed by atoms with Gasteiger partial charge in [0, 0.05) is 35.6 Å². The van der Waals surface area contributed by atoms with Gasteiger partial charge in [0.2, 0.25) is 0 Å². The predicted octanol–water partition coefficient (Wildman–Crippen LogP) is 4.11. The number of urea groups is 2. The maximum Gasteiger partial charge on any atom is 0.333 e. The summed E-state index contributed by atoms with van der Waals surface area (Å²) in [6, 6.07) is 19.0. The second-order valence-electron chi connectivity index (χ2n) is 9.19. The normalized spacial score (nSPS) is 11.2. The number of hydrogen-bond acceptors (Lipinski definition) is 10. The van der Waals surface area contributed by atoms with Gasteiger partial charge in [0.15, 0.2) is 0 Å². The first-order valence-electron chi connectivity index (χ1n) is 12.6. The van der Waals surface area contributed by atoms with Crippen LogP contribution in [0.1, 0.15) is 11.1 Å². The molecular weight excluding hydrogens is 632 g/mol. The summed E-state index contributed by atoms with van der Waals surface area (Å²) < 4.78 is 53.2. The Morgan fingerprint density at radius 2 is 0.844 bits per heavy atom. The minimum Gasteiger partial charge on any atom is -0.307 e. The fraction of sp³-hybridized carbons (Fsp3) is 0.0370. The molecule has 4 amide bonds. The van der Waals surface area contributed by atoms with E-state index in [0.29, 0.717) is 17.8 Å². The molecule has 0 spiro atoms. The molecule has 0 radical (unpaired) electrons. The van der Waals surface area contributed by atoms with Crippen molar-refractivity contribution in [2.75, 3.05) is 10.6 Å². The Hall–Kier alpha value is -5.88. The minimum absolute atomic E-state index is 0.296. The Kier molecular flexibility index (Phi) is 9.39. The molecule has 0 saturated carbocycles. The van der Waals surface area contributed by atoms with E-state index < -0.39 is 42.0 Å². The van der Waals surface area contributed by atoms with Crippen LogP contribution >= 0.6 is 0 Å². The lowest BCUT2D eigenvalue weighted by Crippen LogP contribution is -2.34. The number of hydrogen-bond donors (Lipinski definition) is 4. The van der Waals surface area contributed by atoms with Crippen molar-refractivity contribution in [2.24, 2.45) is 0 Å². The highest BCUT2D eigenvalue weighted by molar-refractivity contribution is 7.90. The van der Waals surface area contributed by atoms with Gasteiger partial charge in [-0.25, -0.2) is 35.9 Å². The maximum absolute atomic E-state index is 12.4. The van der Waals surface area contributed by atoms with Crippen LogP contribution in [0.15, 0.2) is 107 Å².